The third kappa shape index (κ3) is 3.33. The van der Waals surface area contributed by atoms with Gasteiger partial charge in [-0.25, -0.2) is 14.8 Å². The van der Waals surface area contributed by atoms with Gasteiger partial charge >= 0.3 is 5.69 Å². The summed E-state index contributed by atoms with van der Waals surface area (Å²) in [5, 5.41) is 0. The Labute approximate surface area is 176 Å². The average molecular weight is 410 g/mol. The fraction of sp³-hybridized carbons (Fsp3) is 0.591. The Morgan fingerprint density at radius 3 is 2.63 bits per heavy atom. The summed E-state index contributed by atoms with van der Waals surface area (Å²) in [7, 11) is 1.83. The molecule has 0 aliphatic carbocycles. The summed E-state index contributed by atoms with van der Waals surface area (Å²) in [6.07, 6.45) is 6.10. The number of imidazole rings is 2. The molecule has 160 valence electrons. The third-order valence-corrected chi connectivity index (χ3v) is 6.44. The van der Waals surface area contributed by atoms with Gasteiger partial charge in [-0.05, 0) is 30.4 Å². The molecule has 0 amide bonds. The Kier molecular flexibility index (Phi) is 4.50. The fourth-order valence-corrected chi connectivity index (χ4v) is 5.02. The number of hydrogen-bond acceptors (Lipinski definition) is 5. The first-order chi connectivity index (χ1) is 14.3. The molecule has 30 heavy (non-hydrogen) atoms. The van der Waals surface area contributed by atoms with Crippen molar-refractivity contribution in [3.63, 3.8) is 0 Å². The van der Waals surface area contributed by atoms with Gasteiger partial charge in [0.1, 0.15) is 11.6 Å². The monoisotopic (exact) mass is 409 g/mol. The first-order valence-corrected chi connectivity index (χ1v) is 10.9. The Hall–Kier alpha value is -2.61. The number of rotatable bonds is 4. The number of piperazine rings is 1. The van der Waals surface area contributed by atoms with Crippen LogP contribution in [-0.4, -0.2) is 54.2 Å². The second-order valence-electron chi connectivity index (χ2n) is 10.0. The minimum Gasteiger partial charge on any atom is -0.351 e. The molecule has 3 fully saturated rings. The van der Waals surface area contributed by atoms with Crippen LogP contribution >= 0.6 is 0 Å². The van der Waals surface area contributed by atoms with E-state index < -0.39 is 0 Å². The van der Waals surface area contributed by atoms with Crippen molar-refractivity contribution in [2.45, 2.75) is 58.8 Å². The number of anilines is 1. The van der Waals surface area contributed by atoms with Gasteiger partial charge in [-0.15, -0.1) is 0 Å². The average Bonchev–Trinajstić information content (AvgIpc) is 3.30. The minimum absolute atomic E-state index is 0.00867. The number of nitrogens with zero attached hydrogens (tertiary/aromatic N) is 6. The topological polar surface area (TPSA) is 75.0 Å². The summed E-state index contributed by atoms with van der Waals surface area (Å²) >= 11 is 0. The molecule has 3 aromatic rings. The van der Waals surface area contributed by atoms with E-state index in [0.29, 0.717) is 18.6 Å². The normalized spacial score (nSPS) is 22.3. The van der Waals surface area contributed by atoms with E-state index in [1.165, 1.54) is 12.8 Å². The first kappa shape index (κ1) is 19.4. The van der Waals surface area contributed by atoms with Crippen LogP contribution in [0.4, 0.5) is 5.82 Å². The largest absolute Gasteiger partial charge is 0.351 e. The molecule has 3 aliphatic heterocycles. The second-order valence-corrected chi connectivity index (χ2v) is 10.0. The van der Waals surface area contributed by atoms with E-state index in [9.17, 15) is 4.79 Å². The van der Waals surface area contributed by atoms with Gasteiger partial charge in [-0.1, -0.05) is 20.8 Å². The number of aromatic nitrogens is 5. The van der Waals surface area contributed by atoms with E-state index in [4.69, 9.17) is 4.98 Å². The molecule has 0 saturated carbocycles. The summed E-state index contributed by atoms with van der Waals surface area (Å²) in [5.41, 5.74) is 1.73. The van der Waals surface area contributed by atoms with Gasteiger partial charge in [0.15, 0.2) is 5.65 Å². The maximum Gasteiger partial charge on any atom is 0.330 e. The van der Waals surface area contributed by atoms with Crippen LogP contribution in [0, 0.1) is 5.41 Å². The lowest BCUT2D eigenvalue weighted by atomic mass is 9.90. The molecule has 2 bridgehead atoms. The molecule has 8 nitrogen and oxygen atoms in total. The van der Waals surface area contributed by atoms with Crippen LogP contribution in [-0.2, 0) is 20.1 Å². The maximum atomic E-state index is 12.8. The van der Waals surface area contributed by atoms with Gasteiger partial charge in [-0.3, -0.25) is 14.0 Å². The Morgan fingerprint density at radius 1 is 1.17 bits per heavy atom. The minimum atomic E-state index is 0.00867. The molecule has 3 aromatic heterocycles. The predicted octanol–water partition coefficient (Wildman–Crippen LogP) is 2.36. The molecule has 6 rings (SSSR count). The maximum absolute atomic E-state index is 12.8. The molecular weight excluding hydrogens is 378 g/mol. The Balaban J connectivity index is 1.42. The van der Waals surface area contributed by atoms with Crippen molar-refractivity contribution in [3.8, 4) is 0 Å². The lowest BCUT2D eigenvalue weighted by Gasteiger charge is -2.51. The van der Waals surface area contributed by atoms with Crippen molar-refractivity contribution in [3.05, 3.63) is 40.8 Å². The van der Waals surface area contributed by atoms with E-state index in [-0.39, 0.29) is 11.1 Å². The predicted molar refractivity (Wildman–Crippen MR) is 118 cm³/mol. The summed E-state index contributed by atoms with van der Waals surface area (Å²) in [6, 6.07) is 5.13. The standard InChI is InChI=1S/C22H31N7O/c1-22(2,3)14-29-17-7-8-19(25-20(17)26(4)21(29)30)28-12-15-5-6-16(28)11-27(15)13-18-23-9-10-24-18/h7-10,15-16H,5-6,11-14H2,1-4H3,(H,23,24). The van der Waals surface area contributed by atoms with Crippen LogP contribution < -0.4 is 10.6 Å². The van der Waals surface area contributed by atoms with Crippen LogP contribution in [0.3, 0.4) is 0 Å². The van der Waals surface area contributed by atoms with Crippen molar-refractivity contribution in [2.24, 2.45) is 12.5 Å². The highest BCUT2D eigenvalue weighted by Gasteiger charge is 2.39. The zero-order valence-electron chi connectivity index (χ0n) is 18.3. The van der Waals surface area contributed by atoms with Crippen LogP contribution in [0.2, 0.25) is 0 Å². The van der Waals surface area contributed by atoms with E-state index >= 15 is 0 Å². The zero-order valence-corrected chi connectivity index (χ0v) is 18.3. The number of nitrogens with one attached hydrogen (secondary N) is 1. The molecule has 0 aromatic carbocycles. The summed E-state index contributed by atoms with van der Waals surface area (Å²) in [6.45, 7) is 10.0. The van der Waals surface area contributed by atoms with E-state index in [0.717, 1.165) is 42.4 Å². The van der Waals surface area contributed by atoms with Gasteiger partial charge in [0.2, 0.25) is 0 Å². The number of aryl methyl sites for hydroxylation is 1. The highest BCUT2D eigenvalue weighted by molar-refractivity contribution is 5.74. The third-order valence-electron chi connectivity index (χ3n) is 6.44. The molecule has 2 unspecified atom stereocenters. The van der Waals surface area contributed by atoms with Gasteiger partial charge in [-0.2, -0.15) is 0 Å². The molecule has 8 heteroatoms. The summed E-state index contributed by atoms with van der Waals surface area (Å²) < 4.78 is 3.55. The fourth-order valence-electron chi connectivity index (χ4n) is 5.02. The van der Waals surface area contributed by atoms with E-state index in [1.807, 2.05) is 24.0 Å². The van der Waals surface area contributed by atoms with Gasteiger partial charge in [0.05, 0.1) is 12.1 Å². The molecule has 3 saturated heterocycles. The van der Waals surface area contributed by atoms with Crippen molar-refractivity contribution < 1.29 is 0 Å². The molecule has 0 spiro atoms. The molecule has 2 atom stereocenters. The van der Waals surface area contributed by atoms with Crippen LogP contribution in [0.5, 0.6) is 0 Å². The molecular formula is C22H31N7O. The number of fused-ring (bicyclic) bond motifs is 4. The quantitative estimate of drug-likeness (QED) is 0.716. The summed E-state index contributed by atoms with van der Waals surface area (Å²) in [5.74, 6) is 2.02. The lowest BCUT2D eigenvalue weighted by molar-refractivity contribution is 0.0862. The zero-order chi connectivity index (χ0) is 21.0. The number of aromatic amines is 1. The number of hydrogen-bond donors (Lipinski definition) is 1. The van der Waals surface area contributed by atoms with E-state index in [1.54, 1.807) is 4.57 Å². The van der Waals surface area contributed by atoms with Crippen molar-refractivity contribution in [1.82, 2.24) is 29.0 Å². The highest BCUT2D eigenvalue weighted by Crippen LogP contribution is 2.33. The number of pyridine rings is 1. The van der Waals surface area contributed by atoms with Crippen molar-refractivity contribution in [2.75, 3.05) is 18.0 Å². The SMILES string of the molecule is Cn1c(=O)n(CC(C)(C)C)c2ccc(N3CC4CCC3CN4Cc3ncc[nH]3)nc21. The number of piperidine rings is 2. The smallest absolute Gasteiger partial charge is 0.330 e. The van der Waals surface area contributed by atoms with Crippen LogP contribution in [0.1, 0.15) is 39.4 Å². The van der Waals surface area contributed by atoms with Crippen molar-refractivity contribution >= 4 is 17.0 Å². The van der Waals surface area contributed by atoms with Gasteiger partial charge in [0.25, 0.3) is 0 Å². The van der Waals surface area contributed by atoms with Crippen molar-refractivity contribution in [1.29, 1.82) is 0 Å². The lowest BCUT2D eigenvalue weighted by Crippen LogP contribution is -2.62. The highest BCUT2D eigenvalue weighted by atomic mass is 16.1. The molecule has 0 radical (unpaired) electrons. The van der Waals surface area contributed by atoms with Gasteiger partial charge < -0.3 is 9.88 Å². The summed E-state index contributed by atoms with van der Waals surface area (Å²) in [4.78, 5) is 30.4. The van der Waals surface area contributed by atoms with Gasteiger partial charge in [0, 0.05) is 51.2 Å². The first-order valence-electron chi connectivity index (χ1n) is 10.9. The molecule has 3 aliphatic rings. The Bertz CT molecular complexity index is 1110. The van der Waals surface area contributed by atoms with E-state index in [2.05, 4.69) is 52.7 Å². The molecule has 6 heterocycles. The number of H-pyrrole nitrogens is 1. The van der Waals surface area contributed by atoms with Crippen LogP contribution in [0.15, 0.2) is 29.3 Å². The Morgan fingerprint density at radius 2 is 1.97 bits per heavy atom. The molecule has 1 N–H and O–H groups in total. The van der Waals surface area contributed by atoms with Crippen LogP contribution in [0.25, 0.3) is 11.2 Å². The second kappa shape index (κ2) is 6.97.